The van der Waals surface area contributed by atoms with Crippen molar-refractivity contribution in [2.24, 2.45) is 16.3 Å². The number of methoxy groups -OCH3 is 1. The Morgan fingerprint density at radius 3 is 2.41 bits per heavy atom. The van der Waals surface area contributed by atoms with Crippen LogP contribution >= 0.6 is 0 Å². The number of benzene rings is 1. The number of ether oxygens (including phenoxy) is 1. The van der Waals surface area contributed by atoms with Crippen molar-refractivity contribution in [2.45, 2.75) is 53.1 Å². The fourth-order valence-electron chi connectivity index (χ4n) is 2.30. The maximum Gasteiger partial charge on any atom is 0.337 e. The number of carbonyl (C=O) groups is 1. The van der Waals surface area contributed by atoms with E-state index in [4.69, 9.17) is 4.74 Å². The van der Waals surface area contributed by atoms with Crippen LogP contribution in [0.3, 0.4) is 0 Å². The van der Waals surface area contributed by atoms with Crippen LogP contribution in [0, 0.1) is 5.92 Å². The number of nitrogens with one attached hydrogen (secondary N) is 1. The summed E-state index contributed by atoms with van der Waals surface area (Å²) in [5.41, 5.74) is 2.77. The van der Waals surface area contributed by atoms with E-state index in [0.717, 1.165) is 18.7 Å². The zero-order valence-corrected chi connectivity index (χ0v) is 17.7. The van der Waals surface area contributed by atoms with Crippen molar-refractivity contribution in [2.75, 3.05) is 26.0 Å². The summed E-state index contributed by atoms with van der Waals surface area (Å²) in [4.78, 5) is 11.6. The molecule has 2 unspecified atom stereocenters. The Labute approximate surface area is 163 Å². The summed E-state index contributed by atoms with van der Waals surface area (Å²) in [6.07, 6.45) is 3.00. The highest BCUT2D eigenvalue weighted by atomic mass is 16.5. The third-order valence-electron chi connectivity index (χ3n) is 4.74. The highest BCUT2D eigenvalue weighted by molar-refractivity contribution is 5.89. The molecule has 0 fully saturated rings. The summed E-state index contributed by atoms with van der Waals surface area (Å²) in [6, 6.07) is 7.73. The molecule has 1 aromatic carbocycles. The molecule has 1 N–H and O–H groups in total. The van der Waals surface area contributed by atoms with Gasteiger partial charge in [0.1, 0.15) is 0 Å². The van der Waals surface area contributed by atoms with Gasteiger partial charge in [-0.2, -0.15) is 5.11 Å². The van der Waals surface area contributed by atoms with Crippen molar-refractivity contribution in [3.63, 3.8) is 0 Å². The van der Waals surface area contributed by atoms with Gasteiger partial charge in [0.15, 0.2) is 0 Å². The second-order valence-electron chi connectivity index (χ2n) is 7.16. The van der Waals surface area contributed by atoms with Gasteiger partial charge in [0, 0.05) is 25.3 Å². The van der Waals surface area contributed by atoms with Gasteiger partial charge in [-0.1, -0.05) is 30.7 Å². The minimum absolute atomic E-state index is 0.180. The first-order chi connectivity index (χ1) is 12.8. The normalized spacial score (nSPS) is 14.3. The summed E-state index contributed by atoms with van der Waals surface area (Å²) < 4.78 is 4.74. The van der Waals surface area contributed by atoms with Crippen LogP contribution in [0.5, 0.6) is 0 Å². The van der Waals surface area contributed by atoms with E-state index >= 15 is 0 Å². The third kappa shape index (κ3) is 7.81. The molecule has 150 valence electrons. The number of rotatable bonds is 10. The van der Waals surface area contributed by atoms with Crippen molar-refractivity contribution in [3.8, 4) is 0 Å². The Balaban J connectivity index is 2.70. The van der Waals surface area contributed by atoms with Crippen LogP contribution < -0.4 is 5.32 Å². The van der Waals surface area contributed by atoms with Crippen molar-refractivity contribution in [1.29, 1.82) is 0 Å². The van der Waals surface area contributed by atoms with Gasteiger partial charge in [-0.25, -0.2) is 4.79 Å². The predicted octanol–water partition coefficient (Wildman–Crippen LogP) is 4.95. The summed E-state index contributed by atoms with van der Waals surface area (Å²) >= 11 is 0. The van der Waals surface area contributed by atoms with Crippen LogP contribution in [-0.2, 0) is 4.74 Å². The topological polar surface area (TPSA) is 66.3 Å². The Morgan fingerprint density at radius 1 is 1.26 bits per heavy atom. The summed E-state index contributed by atoms with van der Waals surface area (Å²) in [5, 5.41) is 14.1. The lowest BCUT2D eigenvalue weighted by Crippen LogP contribution is -2.26. The summed E-state index contributed by atoms with van der Waals surface area (Å²) in [5.74, 6) is 0.153. The number of hydrogen-bond acceptors (Lipinski definition) is 5. The standard InChI is InChI=1S/C21H34N4O2/c1-8-16(4)20(13-14-25(6)24-23-17(5)15(2)3)22-19-11-9-18(10-12-19)21(26)27-7/h8-12,15,17,20,22H,13-14H2,1-7H3/b16-8+,24-23?. The van der Waals surface area contributed by atoms with E-state index in [-0.39, 0.29) is 18.1 Å². The van der Waals surface area contributed by atoms with Crippen molar-refractivity contribution < 1.29 is 9.53 Å². The first-order valence-electron chi connectivity index (χ1n) is 9.48. The molecule has 6 heteroatoms. The van der Waals surface area contributed by atoms with Crippen LogP contribution in [-0.4, -0.2) is 43.8 Å². The van der Waals surface area contributed by atoms with Crippen LogP contribution in [0.25, 0.3) is 0 Å². The second kappa shape index (κ2) is 11.4. The van der Waals surface area contributed by atoms with E-state index in [9.17, 15) is 4.79 Å². The van der Waals surface area contributed by atoms with Gasteiger partial charge in [-0.05, 0) is 57.4 Å². The maximum atomic E-state index is 11.6. The monoisotopic (exact) mass is 374 g/mol. The van der Waals surface area contributed by atoms with Gasteiger partial charge in [-0.15, -0.1) is 0 Å². The van der Waals surface area contributed by atoms with Gasteiger partial charge in [-0.3, -0.25) is 5.01 Å². The van der Waals surface area contributed by atoms with Gasteiger partial charge in [0.05, 0.1) is 18.7 Å². The molecule has 0 bridgehead atoms. The molecule has 0 amide bonds. The van der Waals surface area contributed by atoms with Crippen LogP contribution in [0.2, 0.25) is 0 Å². The van der Waals surface area contributed by atoms with Gasteiger partial charge >= 0.3 is 5.97 Å². The number of allylic oxidation sites excluding steroid dienone is 1. The quantitative estimate of drug-likeness (QED) is 0.272. The average Bonchev–Trinajstić information content (AvgIpc) is 2.68. The SMILES string of the molecule is C/C=C(\C)C(CCN(C)N=NC(C)C(C)C)Nc1ccc(C(=O)OC)cc1. The minimum atomic E-state index is -0.328. The average molecular weight is 375 g/mol. The fourth-order valence-corrected chi connectivity index (χ4v) is 2.30. The van der Waals surface area contributed by atoms with Crippen LogP contribution in [0.15, 0.2) is 46.3 Å². The molecular formula is C21H34N4O2. The van der Waals surface area contributed by atoms with Gasteiger partial charge in [0.25, 0.3) is 0 Å². The molecule has 0 aliphatic rings. The number of nitrogens with zero attached hydrogens (tertiary/aromatic N) is 3. The molecule has 0 spiro atoms. The molecule has 2 atom stereocenters. The first kappa shape index (κ1) is 22.7. The zero-order valence-electron chi connectivity index (χ0n) is 17.7. The number of anilines is 1. The minimum Gasteiger partial charge on any atom is -0.465 e. The Bertz CT molecular complexity index is 638. The Kier molecular flexibility index (Phi) is 9.54. The van der Waals surface area contributed by atoms with E-state index in [2.05, 4.69) is 49.4 Å². The third-order valence-corrected chi connectivity index (χ3v) is 4.74. The number of esters is 1. The Morgan fingerprint density at radius 2 is 1.89 bits per heavy atom. The van der Waals surface area contributed by atoms with E-state index < -0.39 is 0 Å². The highest BCUT2D eigenvalue weighted by Gasteiger charge is 2.13. The van der Waals surface area contributed by atoms with E-state index in [1.165, 1.54) is 12.7 Å². The van der Waals surface area contributed by atoms with E-state index in [0.29, 0.717) is 11.5 Å². The molecule has 0 saturated carbocycles. The molecule has 0 radical (unpaired) electrons. The molecule has 1 rings (SSSR count). The fraction of sp³-hybridized carbons (Fsp3) is 0.571. The molecule has 6 nitrogen and oxygen atoms in total. The molecule has 27 heavy (non-hydrogen) atoms. The number of hydrogen-bond donors (Lipinski definition) is 1. The lowest BCUT2D eigenvalue weighted by atomic mass is 10.0. The Hall–Kier alpha value is -2.37. The molecule has 0 heterocycles. The first-order valence-corrected chi connectivity index (χ1v) is 9.48. The lowest BCUT2D eigenvalue weighted by Gasteiger charge is -2.23. The molecule has 0 aromatic heterocycles. The number of carbonyl (C=O) groups excluding carboxylic acids is 1. The second-order valence-corrected chi connectivity index (χ2v) is 7.16. The van der Waals surface area contributed by atoms with Crippen LogP contribution in [0.1, 0.15) is 51.4 Å². The maximum absolute atomic E-state index is 11.6. The molecule has 0 saturated heterocycles. The largest absolute Gasteiger partial charge is 0.465 e. The smallest absolute Gasteiger partial charge is 0.337 e. The molecular weight excluding hydrogens is 340 g/mol. The van der Waals surface area contributed by atoms with Crippen LogP contribution in [0.4, 0.5) is 5.69 Å². The lowest BCUT2D eigenvalue weighted by molar-refractivity contribution is 0.0601. The van der Waals surface area contributed by atoms with Gasteiger partial charge in [0.2, 0.25) is 0 Å². The van der Waals surface area contributed by atoms with Gasteiger partial charge < -0.3 is 10.1 Å². The molecule has 1 aromatic rings. The summed E-state index contributed by atoms with van der Waals surface area (Å²) in [7, 11) is 3.33. The molecule has 0 aliphatic carbocycles. The van der Waals surface area contributed by atoms with E-state index in [1.807, 2.05) is 31.1 Å². The molecule has 0 aliphatic heterocycles. The predicted molar refractivity (Wildman–Crippen MR) is 111 cm³/mol. The summed E-state index contributed by atoms with van der Waals surface area (Å²) in [6.45, 7) is 11.3. The van der Waals surface area contributed by atoms with Crippen molar-refractivity contribution in [3.05, 3.63) is 41.5 Å². The van der Waals surface area contributed by atoms with E-state index in [1.54, 1.807) is 12.1 Å². The van der Waals surface area contributed by atoms with Crippen molar-refractivity contribution in [1.82, 2.24) is 5.01 Å². The highest BCUT2D eigenvalue weighted by Crippen LogP contribution is 2.17. The zero-order chi connectivity index (χ0) is 20.4. The van der Waals surface area contributed by atoms with Crippen molar-refractivity contribution >= 4 is 11.7 Å².